The molecule has 1 aromatic carbocycles. The lowest BCUT2D eigenvalue weighted by Crippen LogP contribution is -2.34. The van der Waals surface area contributed by atoms with Crippen molar-refractivity contribution >= 4 is 34.9 Å². The van der Waals surface area contributed by atoms with Crippen molar-refractivity contribution in [3.63, 3.8) is 0 Å². The summed E-state index contributed by atoms with van der Waals surface area (Å²) < 4.78 is 15.5. The second-order valence-electron chi connectivity index (χ2n) is 8.40. The van der Waals surface area contributed by atoms with Crippen molar-refractivity contribution in [2.24, 2.45) is 0 Å². The van der Waals surface area contributed by atoms with Gasteiger partial charge in [0.05, 0.1) is 19.3 Å². The smallest absolute Gasteiger partial charge is 0.322 e. The molecule has 0 saturated carbocycles. The maximum Gasteiger partial charge on any atom is 0.322 e. The molecule has 4 heterocycles. The van der Waals surface area contributed by atoms with Crippen LogP contribution < -0.4 is 20.7 Å². The fourth-order valence-electron chi connectivity index (χ4n) is 3.88. The van der Waals surface area contributed by atoms with E-state index in [1.165, 1.54) is 12.3 Å². The van der Waals surface area contributed by atoms with E-state index in [2.05, 4.69) is 20.9 Å². The van der Waals surface area contributed by atoms with Crippen LogP contribution in [0.2, 0.25) is 0 Å². The molecule has 1 atom stereocenters. The lowest BCUT2D eigenvalue weighted by molar-refractivity contribution is -0.120. The SMILES string of the molecule is COCCNC(=O)c1cnc2cc(C3NC(=O)NC3=O)oc2c1.COc1ccc2c(c1)C(=O)N(C)CC2. The van der Waals surface area contributed by atoms with Crippen LogP contribution in [-0.4, -0.2) is 74.6 Å². The predicted octanol–water partition coefficient (Wildman–Crippen LogP) is 1.41. The molecule has 0 aliphatic carbocycles. The minimum Gasteiger partial charge on any atom is -0.497 e. The van der Waals surface area contributed by atoms with Crippen molar-refractivity contribution in [1.29, 1.82) is 0 Å². The average molecular weight is 510 g/mol. The minimum absolute atomic E-state index is 0.0881. The third-order valence-electron chi connectivity index (χ3n) is 5.91. The second kappa shape index (κ2) is 11.1. The van der Waals surface area contributed by atoms with Crippen molar-refractivity contribution in [3.8, 4) is 5.75 Å². The highest BCUT2D eigenvalue weighted by molar-refractivity contribution is 6.04. The monoisotopic (exact) mass is 509 g/mol. The highest BCUT2D eigenvalue weighted by atomic mass is 16.5. The molecule has 0 radical (unpaired) electrons. The number of carbonyl (C=O) groups is 4. The molecular weight excluding hydrogens is 482 g/mol. The molecule has 3 aromatic rings. The van der Waals surface area contributed by atoms with Gasteiger partial charge in [-0.2, -0.15) is 0 Å². The maximum absolute atomic E-state index is 12.0. The molecule has 1 saturated heterocycles. The topological polar surface area (TPSA) is 152 Å². The Kier molecular flexibility index (Phi) is 7.68. The van der Waals surface area contributed by atoms with Crippen molar-refractivity contribution in [3.05, 3.63) is 59.0 Å². The van der Waals surface area contributed by atoms with E-state index in [0.29, 0.717) is 29.8 Å². The number of aromatic nitrogens is 1. The lowest BCUT2D eigenvalue weighted by atomic mass is 9.99. The molecule has 0 spiro atoms. The number of amides is 5. The number of hydrogen-bond donors (Lipinski definition) is 3. The summed E-state index contributed by atoms with van der Waals surface area (Å²) >= 11 is 0. The van der Waals surface area contributed by atoms with E-state index in [0.717, 1.165) is 29.8 Å². The first kappa shape index (κ1) is 25.6. The molecule has 2 aliphatic heterocycles. The summed E-state index contributed by atoms with van der Waals surface area (Å²) in [6, 6.07) is 7.30. The van der Waals surface area contributed by atoms with Gasteiger partial charge in [0, 0.05) is 45.1 Å². The van der Waals surface area contributed by atoms with Crippen LogP contribution in [-0.2, 0) is 16.0 Å². The molecule has 3 N–H and O–H groups in total. The minimum atomic E-state index is -0.893. The Morgan fingerprint density at radius 3 is 2.73 bits per heavy atom. The Balaban J connectivity index is 0.000000195. The number of furan rings is 1. The van der Waals surface area contributed by atoms with Gasteiger partial charge in [-0.05, 0) is 30.2 Å². The largest absolute Gasteiger partial charge is 0.497 e. The van der Waals surface area contributed by atoms with Crippen molar-refractivity contribution in [1.82, 2.24) is 25.8 Å². The summed E-state index contributed by atoms with van der Waals surface area (Å²) in [5, 5.41) is 7.23. The van der Waals surface area contributed by atoms with Gasteiger partial charge in [0.2, 0.25) is 0 Å². The number of ether oxygens (including phenoxy) is 2. The number of nitrogens with zero attached hydrogens (tertiary/aromatic N) is 2. The number of carbonyl (C=O) groups excluding carboxylic acids is 4. The van der Waals surface area contributed by atoms with Gasteiger partial charge in [-0.3, -0.25) is 24.7 Å². The molecule has 5 amide bonds. The Labute approximate surface area is 212 Å². The number of fused-ring (bicyclic) bond motifs is 2. The average Bonchev–Trinajstić information content (AvgIpc) is 3.47. The van der Waals surface area contributed by atoms with Crippen molar-refractivity contribution in [2.45, 2.75) is 12.5 Å². The number of imide groups is 1. The van der Waals surface area contributed by atoms with E-state index in [4.69, 9.17) is 13.9 Å². The van der Waals surface area contributed by atoms with E-state index >= 15 is 0 Å². The number of methoxy groups -OCH3 is 2. The Morgan fingerprint density at radius 1 is 1.22 bits per heavy atom. The van der Waals surface area contributed by atoms with Crippen LogP contribution in [0, 0.1) is 0 Å². The first-order valence-corrected chi connectivity index (χ1v) is 11.5. The van der Waals surface area contributed by atoms with Crippen LogP contribution in [0.3, 0.4) is 0 Å². The predicted molar refractivity (Wildman–Crippen MR) is 131 cm³/mol. The highest BCUT2D eigenvalue weighted by Crippen LogP contribution is 2.25. The van der Waals surface area contributed by atoms with Crippen LogP contribution in [0.5, 0.6) is 5.75 Å². The molecule has 2 aromatic heterocycles. The zero-order chi connectivity index (χ0) is 26.5. The molecule has 5 rings (SSSR count). The van der Waals surface area contributed by atoms with E-state index in [1.54, 1.807) is 25.2 Å². The number of benzene rings is 1. The molecule has 37 heavy (non-hydrogen) atoms. The number of rotatable bonds is 6. The highest BCUT2D eigenvalue weighted by Gasteiger charge is 2.33. The van der Waals surface area contributed by atoms with Gasteiger partial charge in [0.25, 0.3) is 17.7 Å². The fraction of sp³-hybridized carbons (Fsp3) is 0.320. The third-order valence-corrected chi connectivity index (χ3v) is 5.91. The molecule has 12 heteroatoms. The summed E-state index contributed by atoms with van der Waals surface area (Å²) in [5.41, 5.74) is 3.07. The van der Waals surface area contributed by atoms with Crippen LogP contribution in [0.1, 0.15) is 38.1 Å². The molecule has 12 nitrogen and oxygen atoms in total. The van der Waals surface area contributed by atoms with Crippen LogP contribution in [0.25, 0.3) is 11.1 Å². The lowest BCUT2D eigenvalue weighted by Gasteiger charge is -2.24. The summed E-state index contributed by atoms with van der Waals surface area (Å²) in [5.74, 6) is 0.290. The van der Waals surface area contributed by atoms with Gasteiger partial charge >= 0.3 is 6.03 Å². The first-order chi connectivity index (χ1) is 17.8. The normalized spacial score (nSPS) is 16.5. The van der Waals surface area contributed by atoms with Crippen LogP contribution >= 0.6 is 0 Å². The molecule has 1 unspecified atom stereocenters. The molecule has 1 fully saturated rings. The van der Waals surface area contributed by atoms with Gasteiger partial charge in [0.1, 0.15) is 17.0 Å². The summed E-state index contributed by atoms with van der Waals surface area (Å²) in [4.78, 5) is 52.4. The number of hydrogen-bond acceptors (Lipinski definition) is 8. The van der Waals surface area contributed by atoms with Gasteiger partial charge in [0.15, 0.2) is 11.6 Å². The maximum atomic E-state index is 12.0. The van der Waals surface area contributed by atoms with Crippen LogP contribution in [0.15, 0.2) is 40.9 Å². The molecule has 2 aliphatic rings. The van der Waals surface area contributed by atoms with Gasteiger partial charge in [-0.15, -0.1) is 0 Å². The Hall–Kier alpha value is -4.45. The van der Waals surface area contributed by atoms with Gasteiger partial charge < -0.3 is 29.4 Å². The molecular formula is C25H27N5O7. The van der Waals surface area contributed by atoms with Gasteiger partial charge in [-0.1, -0.05) is 6.07 Å². The number of urea groups is 1. The Morgan fingerprint density at radius 2 is 2.03 bits per heavy atom. The van der Waals surface area contributed by atoms with E-state index in [9.17, 15) is 19.2 Å². The zero-order valence-corrected chi connectivity index (χ0v) is 20.6. The number of pyridine rings is 1. The van der Waals surface area contributed by atoms with E-state index < -0.39 is 18.0 Å². The summed E-state index contributed by atoms with van der Waals surface area (Å²) in [6.07, 6.45) is 2.35. The third kappa shape index (κ3) is 5.70. The quantitative estimate of drug-likeness (QED) is 0.333. The summed E-state index contributed by atoms with van der Waals surface area (Å²) in [7, 11) is 4.98. The standard InChI is InChI=1S/C14H14N4O5.C11H13NO2/c1-22-3-2-15-12(19)7-4-9-8(16-6-7)5-10(23-9)11-13(20)18-14(21)17-11;1-12-6-5-8-3-4-9(14-2)7-10(8)11(12)13/h4-6,11H,2-3H2,1H3,(H,15,19)(H2,17,18,20,21);3-4,7H,5-6H2,1-2H3. The molecule has 194 valence electrons. The number of nitrogens with one attached hydrogen (secondary N) is 3. The van der Waals surface area contributed by atoms with Gasteiger partial charge in [-0.25, -0.2) is 4.79 Å². The fourth-order valence-corrected chi connectivity index (χ4v) is 3.88. The molecule has 0 bridgehead atoms. The van der Waals surface area contributed by atoms with E-state index in [-0.39, 0.29) is 17.6 Å². The zero-order valence-electron chi connectivity index (χ0n) is 20.6. The summed E-state index contributed by atoms with van der Waals surface area (Å²) in [6.45, 7) is 1.59. The Bertz CT molecular complexity index is 1350. The van der Waals surface area contributed by atoms with Crippen LogP contribution in [0.4, 0.5) is 4.79 Å². The van der Waals surface area contributed by atoms with E-state index in [1.807, 2.05) is 25.2 Å². The first-order valence-electron chi connectivity index (χ1n) is 11.5. The van der Waals surface area contributed by atoms with Crippen molar-refractivity contribution in [2.75, 3.05) is 41.0 Å². The van der Waals surface area contributed by atoms with Crippen molar-refractivity contribution < 1.29 is 33.1 Å². The number of likely N-dealkylation sites (N-methyl/N-ethyl adjacent to an activating group) is 1. The second-order valence-corrected chi connectivity index (χ2v) is 8.40.